The number of aromatic nitrogens is 4. The van der Waals surface area contributed by atoms with Gasteiger partial charge in [-0.15, -0.1) is 0 Å². The van der Waals surface area contributed by atoms with E-state index in [4.69, 9.17) is 9.47 Å². The smallest absolute Gasteiger partial charge is 0.332 e. The number of hydrogen-bond acceptors (Lipinski definition) is 6. The lowest BCUT2D eigenvalue weighted by molar-refractivity contribution is 0.170. The third-order valence-electron chi connectivity index (χ3n) is 6.34. The first-order valence-corrected chi connectivity index (χ1v) is 10.8. The molecule has 9 nitrogen and oxygen atoms in total. The van der Waals surface area contributed by atoms with Crippen LogP contribution in [0.15, 0.2) is 34.1 Å². The van der Waals surface area contributed by atoms with Gasteiger partial charge in [-0.1, -0.05) is 6.07 Å². The lowest BCUT2D eigenvalue weighted by Gasteiger charge is -2.26. The Morgan fingerprint density at radius 1 is 1.10 bits per heavy atom. The van der Waals surface area contributed by atoms with E-state index in [1.165, 1.54) is 14.7 Å². The van der Waals surface area contributed by atoms with Crippen molar-refractivity contribution < 1.29 is 9.47 Å². The third-order valence-corrected chi connectivity index (χ3v) is 6.34. The SMILES string of the molecule is Cn1cnc2c1c(=O)n(CCCN1CCCC1c1ccc3c(c1)OCCO3)c(=O)n2C. The maximum Gasteiger partial charge on any atom is 0.332 e. The Morgan fingerprint density at radius 3 is 2.74 bits per heavy atom. The summed E-state index contributed by atoms with van der Waals surface area (Å²) < 4.78 is 15.8. The minimum absolute atomic E-state index is 0.275. The molecule has 2 aliphatic heterocycles. The standard InChI is InChI=1S/C22H27N5O4/c1-24-14-23-20-19(24)21(28)27(22(29)25(20)2)10-4-9-26-8-3-5-16(26)15-6-7-17-18(13-15)31-12-11-30-17/h6-7,13-14,16H,3-5,8-12H2,1-2H3. The molecule has 1 saturated heterocycles. The number of benzene rings is 1. The van der Waals surface area contributed by atoms with Crippen molar-refractivity contribution in [2.24, 2.45) is 14.1 Å². The van der Waals surface area contributed by atoms with Gasteiger partial charge in [-0.3, -0.25) is 18.8 Å². The van der Waals surface area contributed by atoms with Crippen molar-refractivity contribution in [1.82, 2.24) is 23.6 Å². The molecule has 0 amide bonds. The number of rotatable bonds is 5. The van der Waals surface area contributed by atoms with Gasteiger partial charge in [0.1, 0.15) is 13.2 Å². The molecule has 5 rings (SSSR count). The number of imidazole rings is 1. The van der Waals surface area contributed by atoms with Gasteiger partial charge in [-0.2, -0.15) is 0 Å². The van der Waals surface area contributed by atoms with Crippen molar-refractivity contribution in [1.29, 1.82) is 0 Å². The number of nitrogens with zero attached hydrogens (tertiary/aromatic N) is 5. The second-order valence-corrected chi connectivity index (χ2v) is 8.28. The van der Waals surface area contributed by atoms with Crippen LogP contribution in [0, 0.1) is 0 Å². The largest absolute Gasteiger partial charge is 0.486 e. The Hall–Kier alpha value is -3.07. The van der Waals surface area contributed by atoms with Crippen molar-refractivity contribution in [3.05, 3.63) is 50.9 Å². The maximum absolute atomic E-state index is 12.9. The van der Waals surface area contributed by atoms with E-state index in [1.54, 1.807) is 25.0 Å². The Morgan fingerprint density at radius 2 is 1.90 bits per heavy atom. The average Bonchev–Trinajstić information content (AvgIpc) is 3.41. The summed E-state index contributed by atoms with van der Waals surface area (Å²) in [5.74, 6) is 1.62. The highest BCUT2D eigenvalue weighted by Gasteiger charge is 2.27. The summed E-state index contributed by atoms with van der Waals surface area (Å²) >= 11 is 0. The Bertz CT molecular complexity index is 1240. The molecule has 1 aromatic carbocycles. The van der Waals surface area contributed by atoms with Gasteiger partial charge in [0, 0.05) is 33.2 Å². The second-order valence-electron chi connectivity index (χ2n) is 8.28. The molecule has 0 saturated carbocycles. The van der Waals surface area contributed by atoms with Gasteiger partial charge in [0.15, 0.2) is 22.7 Å². The first-order valence-electron chi connectivity index (χ1n) is 10.8. The molecule has 4 heterocycles. The molecule has 9 heteroatoms. The molecule has 2 aliphatic rings. The molecule has 1 fully saturated rings. The first-order chi connectivity index (χ1) is 15.0. The van der Waals surface area contributed by atoms with Crippen LogP contribution in [0.1, 0.15) is 30.9 Å². The number of hydrogen-bond donors (Lipinski definition) is 0. The van der Waals surface area contributed by atoms with E-state index in [1.807, 2.05) is 6.07 Å². The number of aryl methyl sites for hydroxylation is 2. The van der Waals surface area contributed by atoms with Gasteiger partial charge in [0.05, 0.1) is 6.33 Å². The number of fused-ring (bicyclic) bond motifs is 2. The molecule has 31 heavy (non-hydrogen) atoms. The second kappa shape index (κ2) is 7.88. The molecular weight excluding hydrogens is 398 g/mol. The molecule has 2 aromatic heterocycles. The fourth-order valence-corrected chi connectivity index (χ4v) is 4.76. The van der Waals surface area contributed by atoms with E-state index in [0.717, 1.165) is 43.9 Å². The quantitative estimate of drug-likeness (QED) is 0.615. The van der Waals surface area contributed by atoms with E-state index in [9.17, 15) is 9.59 Å². The lowest BCUT2D eigenvalue weighted by atomic mass is 10.0. The summed E-state index contributed by atoms with van der Waals surface area (Å²) in [5, 5.41) is 0. The van der Waals surface area contributed by atoms with Gasteiger partial charge < -0.3 is 14.0 Å². The molecule has 1 unspecified atom stereocenters. The monoisotopic (exact) mass is 425 g/mol. The molecule has 164 valence electrons. The van der Waals surface area contributed by atoms with E-state index >= 15 is 0 Å². The van der Waals surface area contributed by atoms with E-state index in [-0.39, 0.29) is 11.2 Å². The highest BCUT2D eigenvalue weighted by Crippen LogP contribution is 2.38. The fraction of sp³-hybridized carbons (Fsp3) is 0.500. The Kier molecular flexibility index (Phi) is 5.05. The van der Waals surface area contributed by atoms with Crippen LogP contribution in [0.4, 0.5) is 0 Å². The average molecular weight is 425 g/mol. The van der Waals surface area contributed by atoms with E-state index in [0.29, 0.717) is 37.0 Å². The Balaban J connectivity index is 1.32. The summed E-state index contributed by atoms with van der Waals surface area (Å²) in [5.41, 5.74) is 1.51. The summed E-state index contributed by atoms with van der Waals surface area (Å²) in [6.45, 7) is 3.38. The van der Waals surface area contributed by atoms with Gasteiger partial charge in [0.2, 0.25) is 0 Å². The van der Waals surface area contributed by atoms with Crippen LogP contribution < -0.4 is 20.7 Å². The van der Waals surface area contributed by atoms with Crippen molar-refractivity contribution in [2.45, 2.75) is 31.8 Å². The zero-order valence-corrected chi connectivity index (χ0v) is 17.9. The van der Waals surface area contributed by atoms with Crippen LogP contribution in [0.5, 0.6) is 11.5 Å². The summed E-state index contributed by atoms with van der Waals surface area (Å²) in [6, 6.07) is 6.52. The molecule has 0 radical (unpaired) electrons. The Labute approximate surface area is 179 Å². The van der Waals surface area contributed by atoms with Gasteiger partial charge in [0.25, 0.3) is 5.56 Å². The third kappa shape index (κ3) is 3.42. The van der Waals surface area contributed by atoms with Gasteiger partial charge in [-0.05, 0) is 43.5 Å². The van der Waals surface area contributed by atoms with Gasteiger partial charge in [-0.25, -0.2) is 9.78 Å². The van der Waals surface area contributed by atoms with Crippen LogP contribution >= 0.6 is 0 Å². The van der Waals surface area contributed by atoms with Crippen LogP contribution in [0.25, 0.3) is 11.2 Å². The predicted octanol–water partition coefficient (Wildman–Crippen LogP) is 1.43. The highest BCUT2D eigenvalue weighted by molar-refractivity contribution is 5.69. The molecule has 0 spiro atoms. The van der Waals surface area contributed by atoms with Gasteiger partial charge >= 0.3 is 5.69 Å². The molecule has 0 aliphatic carbocycles. The predicted molar refractivity (Wildman–Crippen MR) is 116 cm³/mol. The van der Waals surface area contributed by atoms with Crippen LogP contribution in [0.2, 0.25) is 0 Å². The number of ether oxygens (including phenoxy) is 2. The maximum atomic E-state index is 12.9. The number of likely N-dealkylation sites (tertiary alicyclic amines) is 1. The summed E-state index contributed by atoms with van der Waals surface area (Å²) in [6.07, 6.45) is 4.50. The lowest BCUT2D eigenvalue weighted by Crippen LogP contribution is -2.40. The van der Waals surface area contributed by atoms with Crippen molar-refractivity contribution in [2.75, 3.05) is 26.3 Å². The van der Waals surface area contributed by atoms with E-state index in [2.05, 4.69) is 22.0 Å². The molecule has 3 aromatic rings. The topological polar surface area (TPSA) is 83.5 Å². The highest BCUT2D eigenvalue weighted by atomic mass is 16.6. The van der Waals surface area contributed by atoms with Crippen molar-refractivity contribution in [3.8, 4) is 11.5 Å². The molecule has 1 atom stereocenters. The van der Waals surface area contributed by atoms with Crippen LogP contribution in [0.3, 0.4) is 0 Å². The normalized spacial score (nSPS) is 18.7. The minimum atomic E-state index is -0.319. The van der Waals surface area contributed by atoms with Crippen molar-refractivity contribution >= 4 is 11.2 Å². The zero-order chi connectivity index (χ0) is 21.5. The molecule has 0 N–H and O–H groups in total. The van der Waals surface area contributed by atoms with Crippen molar-refractivity contribution in [3.63, 3.8) is 0 Å². The summed E-state index contributed by atoms with van der Waals surface area (Å²) in [7, 11) is 3.43. The zero-order valence-electron chi connectivity index (χ0n) is 17.9. The fourth-order valence-electron chi connectivity index (χ4n) is 4.76. The van der Waals surface area contributed by atoms with Crippen LogP contribution in [-0.2, 0) is 20.6 Å². The minimum Gasteiger partial charge on any atom is -0.486 e. The first kappa shape index (κ1) is 19.9. The molecule has 0 bridgehead atoms. The summed E-state index contributed by atoms with van der Waals surface area (Å²) in [4.78, 5) is 32.2. The van der Waals surface area contributed by atoms with Crippen LogP contribution in [-0.4, -0.2) is 49.9 Å². The van der Waals surface area contributed by atoms with E-state index < -0.39 is 0 Å². The molecular formula is C22H27N5O4.